The Bertz CT molecular complexity index is 898. The van der Waals surface area contributed by atoms with Gasteiger partial charge < -0.3 is 11.5 Å². The number of carbonyl (C=O) groups is 1. The first kappa shape index (κ1) is 16.4. The lowest BCUT2D eigenvalue weighted by atomic mass is 10.2. The molecule has 0 aliphatic heterocycles. The van der Waals surface area contributed by atoms with E-state index in [2.05, 4.69) is 15.1 Å². The van der Waals surface area contributed by atoms with Crippen molar-refractivity contribution in [2.45, 2.75) is 6.92 Å². The van der Waals surface area contributed by atoms with Gasteiger partial charge in [-0.15, -0.1) is 12.4 Å². The maximum Gasteiger partial charge on any atom is 0.283 e. The molecule has 0 atom stereocenters. The fraction of sp³-hybridized carbons (Fsp3) is 0.0667. The molecule has 8 heteroatoms. The molecule has 7 nitrogen and oxygen atoms in total. The van der Waals surface area contributed by atoms with Crippen molar-refractivity contribution in [3.63, 3.8) is 0 Å². The third kappa shape index (κ3) is 3.14. The zero-order chi connectivity index (χ0) is 15.7. The monoisotopic (exact) mass is 330 g/mol. The zero-order valence-electron chi connectivity index (χ0n) is 12.3. The zero-order valence-corrected chi connectivity index (χ0v) is 13.1. The topological polar surface area (TPSA) is 112 Å². The Labute approximate surface area is 138 Å². The third-order valence-corrected chi connectivity index (χ3v) is 3.30. The van der Waals surface area contributed by atoms with Gasteiger partial charge in [-0.3, -0.25) is 9.78 Å². The number of hydrogen-bond acceptors (Lipinski definition) is 3. The maximum absolute atomic E-state index is 11.9. The van der Waals surface area contributed by atoms with Crippen molar-refractivity contribution in [2.75, 3.05) is 0 Å². The Morgan fingerprint density at radius 3 is 2.78 bits per heavy atom. The number of aliphatic imine (C=N–C) groups is 1. The van der Waals surface area contributed by atoms with Gasteiger partial charge in [-0.25, -0.2) is 4.68 Å². The van der Waals surface area contributed by atoms with Gasteiger partial charge >= 0.3 is 0 Å². The van der Waals surface area contributed by atoms with Gasteiger partial charge in [0.05, 0.1) is 28.7 Å². The van der Waals surface area contributed by atoms with E-state index in [-0.39, 0.29) is 18.4 Å². The van der Waals surface area contributed by atoms with Crippen LogP contribution in [0.1, 0.15) is 16.1 Å². The SMILES string of the molecule is Cc1c(C(=O)N=C(N)N)cnn1-c1ccc2ncccc2c1.Cl. The van der Waals surface area contributed by atoms with E-state index in [9.17, 15) is 4.79 Å². The fourth-order valence-corrected chi connectivity index (χ4v) is 2.25. The molecule has 0 saturated carbocycles. The molecule has 0 fully saturated rings. The minimum atomic E-state index is -0.508. The number of benzene rings is 1. The summed E-state index contributed by atoms with van der Waals surface area (Å²) < 4.78 is 1.67. The summed E-state index contributed by atoms with van der Waals surface area (Å²) in [4.78, 5) is 19.7. The van der Waals surface area contributed by atoms with Crippen LogP contribution in [0.2, 0.25) is 0 Å². The molecule has 1 amide bonds. The first-order valence-electron chi connectivity index (χ1n) is 6.60. The van der Waals surface area contributed by atoms with Crippen LogP contribution in [-0.2, 0) is 0 Å². The van der Waals surface area contributed by atoms with Gasteiger partial charge in [0, 0.05) is 11.6 Å². The van der Waals surface area contributed by atoms with E-state index in [1.165, 1.54) is 6.20 Å². The van der Waals surface area contributed by atoms with Crippen molar-refractivity contribution in [1.29, 1.82) is 0 Å². The van der Waals surface area contributed by atoms with Crippen molar-refractivity contribution in [1.82, 2.24) is 14.8 Å². The number of rotatable bonds is 2. The largest absolute Gasteiger partial charge is 0.370 e. The van der Waals surface area contributed by atoms with E-state index in [0.717, 1.165) is 16.6 Å². The standard InChI is InChI=1S/C15H14N6O.ClH/c1-9-12(14(22)20-15(16)17)8-19-21(9)11-4-5-13-10(7-11)3-2-6-18-13;/h2-8H,1H3,(H4,16,17,20,22);1H. The highest BCUT2D eigenvalue weighted by Crippen LogP contribution is 2.19. The molecule has 0 aliphatic carbocycles. The Balaban J connectivity index is 0.00000192. The number of fused-ring (bicyclic) bond motifs is 1. The maximum atomic E-state index is 11.9. The molecule has 2 heterocycles. The van der Waals surface area contributed by atoms with Crippen LogP contribution >= 0.6 is 12.4 Å². The summed E-state index contributed by atoms with van der Waals surface area (Å²) in [7, 11) is 0. The van der Waals surface area contributed by atoms with Crippen LogP contribution < -0.4 is 11.5 Å². The molecule has 3 aromatic rings. The third-order valence-electron chi connectivity index (χ3n) is 3.30. The molecule has 1 aromatic carbocycles. The highest BCUT2D eigenvalue weighted by Gasteiger charge is 2.15. The van der Waals surface area contributed by atoms with Gasteiger partial charge in [-0.1, -0.05) is 6.07 Å². The highest BCUT2D eigenvalue weighted by molar-refractivity contribution is 6.02. The number of hydrogen-bond donors (Lipinski definition) is 2. The van der Waals surface area contributed by atoms with Crippen LogP contribution in [-0.4, -0.2) is 26.6 Å². The number of aromatic nitrogens is 3. The van der Waals surface area contributed by atoms with E-state index in [1.54, 1.807) is 17.8 Å². The molecule has 0 aliphatic rings. The molecule has 3 rings (SSSR count). The number of nitrogens with two attached hydrogens (primary N) is 2. The summed E-state index contributed by atoms with van der Waals surface area (Å²) >= 11 is 0. The average molecular weight is 331 g/mol. The lowest BCUT2D eigenvalue weighted by Crippen LogP contribution is -2.24. The average Bonchev–Trinajstić information content (AvgIpc) is 2.88. The van der Waals surface area contributed by atoms with E-state index < -0.39 is 5.91 Å². The molecule has 0 spiro atoms. The summed E-state index contributed by atoms with van der Waals surface area (Å²) in [6, 6.07) is 9.59. The molecule has 0 unspecified atom stereocenters. The Kier molecular flexibility index (Phi) is 4.61. The van der Waals surface area contributed by atoms with Crippen molar-refractivity contribution in [3.05, 3.63) is 54.0 Å². The molecule has 0 saturated heterocycles. The Morgan fingerprint density at radius 2 is 2.04 bits per heavy atom. The van der Waals surface area contributed by atoms with Crippen molar-refractivity contribution in [2.24, 2.45) is 16.5 Å². The van der Waals surface area contributed by atoms with Crippen LogP contribution in [0.5, 0.6) is 0 Å². The lowest BCUT2D eigenvalue weighted by Gasteiger charge is -2.06. The van der Waals surface area contributed by atoms with Gasteiger partial charge in [-0.2, -0.15) is 10.1 Å². The number of pyridine rings is 1. The number of guanidine groups is 1. The Morgan fingerprint density at radius 1 is 1.26 bits per heavy atom. The Hall–Kier alpha value is -2.93. The molecule has 0 bridgehead atoms. The van der Waals surface area contributed by atoms with Crippen LogP contribution in [0.15, 0.2) is 47.7 Å². The molecular weight excluding hydrogens is 316 g/mol. The van der Waals surface area contributed by atoms with Crippen molar-refractivity contribution < 1.29 is 4.79 Å². The fourth-order valence-electron chi connectivity index (χ4n) is 2.25. The normalized spacial score (nSPS) is 10.1. The predicted molar refractivity (Wildman–Crippen MR) is 91.0 cm³/mol. The van der Waals surface area contributed by atoms with E-state index in [0.29, 0.717) is 11.3 Å². The second-order valence-corrected chi connectivity index (χ2v) is 4.78. The summed E-state index contributed by atoms with van der Waals surface area (Å²) in [6.07, 6.45) is 3.20. The van der Waals surface area contributed by atoms with Gasteiger partial charge in [-0.05, 0) is 31.2 Å². The highest BCUT2D eigenvalue weighted by atomic mass is 35.5. The van der Waals surface area contributed by atoms with E-state index >= 15 is 0 Å². The summed E-state index contributed by atoms with van der Waals surface area (Å²) in [5.41, 5.74) is 13.2. The predicted octanol–water partition coefficient (Wildman–Crippen LogP) is 1.56. The van der Waals surface area contributed by atoms with Gasteiger partial charge in [0.1, 0.15) is 0 Å². The van der Waals surface area contributed by atoms with Crippen molar-refractivity contribution >= 4 is 35.2 Å². The van der Waals surface area contributed by atoms with E-state index in [1.807, 2.05) is 30.3 Å². The van der Waals surface area contributed by atoms with Crippen LogP contribution in [0.4, 0.5) is 0 Å². The van der Waals surface area contributed by atoms with Crippen molar-refractivity contribution in [3.8, 4) is 5.69 Å². The summed E-state index contributed by atoms with van der Waals surface area (Å²) in [5, 5.41) is 5.24. The van der Waals surface area contributed by atoms with Gasteiger partial charge in [0.15, 0.2) is 5.96 Å². The van der Waals surface area contributed by atoms with Gasteiger partial charge in [0.25, 0.3) is 5.91 Å². The van der Waals surface area contributed by atoms with Crippen LogP contribution in [0, 0.1) is 6.92 Å². The summed E-state index contributed by atoms with van der Waals surface area (Å²) in [5.74, 6) is -0.778. The molecule has 118 valence electrons. The molecule has 2 aromatic heterocycles. The number of halogens is 1. The minimum absolute atomic E-state index is 0. The number of amides is 1. The van der Waals surface area contributed by atoms with Crippen LogP contribution in [0.3, 0.4) is 0 Å². The minimum Gasteiger partial charge on any atom is -0.370 e. The first-order valence-corrected chi connectivity index (χ1v) is 6.60. The second-order valence-electron chi connectivity index (χ2n) is 4.78. The second kappa shape index (κ2) is 6.45. The van der Waals surface area contributed by atoms with Gasteiger partial charge in [0.2, 0.25) is 0 Å². The molecule has 23 heavy (non-hydrogen) atoms. The summed E-state index contributed by atoms with van der Waals surface area (Å²) in [6.45, 7) is 1.79. The number of nitrogens with zero attached hydrogens (tertiary/aromatic N) is 4. The van der Waals surface area contributed by atoms with E-state index in [4.69, 9.17) is 11.5 Å². The smallest absolute Gasteiger partial charge is 0.283 e. The van der Waals surface area contributed by atoms with Crippen LogP contribution in [0.25, 0.3) is 16.6 Å². The molecule has 0 radical (unpaired) electrons. The lowest BCUT2D eigenvalue weighted by molar-refractivity contribution is 0.100. The molecule has 4 N–H and O–H groups in total. The quantitative estimate of drug-likeness (QED) is 0.547. The molecular formula is C15H15ClN6O. The number of carbonyl (C=O) groups excluding carboxylic acids is 1. The first-order chi connectivity index (χ1) is 10.6.